The number of nitrogens with zero attached hydrogens (tertiary/aromatic N) is 1. The molecule has 0 aliphatic carbocycles. The third kappa shape index (κ3) is 3.12. The lowest BCUT2D eigenvalue weighted by Gasteiger charge is -2.24. The van der Waals surface area contributed by atoms with Gasteiger partial charge in [-0.2, -0.15) is 0 Å². The van der Waals surface area contributed by atoms with E-state index in [0.29, 0.717) is 13.1 Å². The number of ether oxygens (including phenoxy) is 1. The SMILES string of the molecule is Cc1ccc(C)c(NC(=O)C2C3C=C[C@]4(CN(CCc5c[nH]c6ccccc56)C(=O)C24)O3)c1. The van der Waals surface area contributed by atoms with E-state index in [9.17, 15) is 9.59 Å². The second kappa shape index (κ2) is 7.32. The second-order valence-electron chi connectivity index (χ2n) is 9.58. The van der Waals surface area contributed by atoms with Gasteiger partial charge in [0.15, 0.2) is 0 Å². The molecule has 168 valence electrons. The molecule has 6 rings (SSSR count). The molecule has 6 nitrogen and oxygen atoms in total. The first-order valence-corrected chi connectivity index (χ1v) is 11.5. The number of likely N-dealkylation sites (tertiary alicyclic amines) is 1. The first-order chi connectivity index (χ1) is 15.9. The number of hydrogen-bond acceptors (Lipinski definition) is 3. The largest absolute Gasteiger partial charge is 0.361 e. The van der Waals surface area contributed by atoms with E-state index in [0.717, 1.165) is 28.8 Å². The van der Waals surface area contributed by atoms with E-state index in [1.54, 1.807) is 0 Å². The van der Waals surface area contributed by atoms with E-state index in [1.165, 1.54) is 10.9 Å². The van der Waals surface area contributed by atoms with Crippen molar-refractivity contribution >= 4 is 28.4 Å². The first-order valence-electron chi connectivity index (χ1n) is 11.5. The third-order valence-corrected chi connectivity index (χ3v) is 7.46. The van der Waals surface area contributed by atoms with Crippen LogP contribution in [-0.4, -0.2) is 46.5 Å². The first kappa shape index (κ1) is 20.2. The van der Waals surface area contributed by atoms with Crippen LogP contribution in [0.15, 0.2) is 60.8 Å². The van der Waals surface area contributed by atoms with E-state index < -0.39 is 17.4 Å². The highest BCUT2D eigenvalue weighted by molar-refractivity contribution is 5.99. The zero-order valence-corrected chi connectivity index (χ0v) is 18.8. The Morgan fingerprint density at radius 1 is 1.24 bits per heavy atom. The normalized spacial score (nSPS) is 27.5. The third-order valence-electron chi connectivity index (χ3n) is 7.46. The van der Waals surface area contributed by atoms with E-state index in [2.05, 4.69) is 22.4 Å². The zero-order valence-electron chi connectivity index (χ0n) is 18.8. The summed E-state index contributed by atoms with van der Waals surface area (Å²) in [5.74, 6) is -1.11. The van der Waals surface area contributed by atoms with Crippen LogP contribution in [0.25, 0.3) is 10.9 Å². The fraction of sp³-hybridized carbons (Fsp3) is 0.333. The quantitative estimate of drug-likeness (QED) is 0.593. The Morgan fingerprint density at radius 3 is 2.97 bits per heavy atom. The highest BCUT2D eigenvalue weighted by atomic mass is 16.5. The van der Waals surface area contributed by atoms with Crippen molar-refractivity contribution in [1.82, 2.24) is 9.88 Å². The number of aromatic amines is 1. The Morgan fingerprint density at radius 2 is 2.09 bits per heavy atom. The van der Waals surface area contributed by atoms with Gasteiger partial charge in [-0.3, -0.25) is 9.59 Å². The Balaban J connectivity index is 1.21. The molecule has 1 spiro atoms. The van der Waals surface area contributed by atoms with Crippen LogP contribution in [0.5, 0.6) is 0 Å². The molecular weight excluding hydrogens is 414 g/mol. The summed E-state index contributed by atoms with van der Waals surface area (Å²) in [6.45, 7) is 5.08. The predicted octanol–water partition coefficient (Wildman–Crippen LogP) is 3.75. The van der Waals surface area contributed by atoms with Crippen LogP contribution < -0.4 is 5.32 Å². The van der Waals surface area contributed by atoms with Crippen molar-refractivity contribution in [2.45, 2.75) is 32.0 Å². The van der Waals surface area contributed by atoms with Gasteiger partial charge in [-0.05, 0) is 49.1 Å². The number of H-pyrrole nitrogens is 1. The van der Waals surface area contributed by atoms with Gasteiger partial charge in [0.25, 0.3) is 0 Å². The molecule has 2 bridgehead atoms. The molecule has 1 aromatic heterocycles. The lowest BCUT2D eigenvalue weighted by Crippen LogP contribution is -2.41. The number of aryl methyl sites for hydroxylation is 2. The van der Waals surface area contributed by atoms with Gasteiger partial charge in [0.1, 0.15) is 5.60 Å². The monoisotopic (exact) mass is 441 g/mol. The minimum atomic E-state index is -0.689. The molecule has 4 atom stereocenters. The van der Waals surface area contributed by atoms with Crippen LogP contribution in [0.2, 0.25) is 0 Å². The molecule has 3 unspecified atom stereocenters. The molecule has 3 aliphatic heterocycles. The maximum Gasteiger partial charge on any atom is 0.231 e. The smallest absolute Gasteiger partial charge is 0.231 e. The summed E-state index contributed by atoms with van der Waals surface area (Å²) >= 11 is 0. The van der Waals surface area contributed by atoms with Gasteiger partial charge in [0.05, 0.1) is 24.5 Å². The number of rotatable bonds is 5. The second-order valence-corrected chi connectivity index (χ2v) is 9.58. The van der Waals surface area contributed by atoms with Gasteiger partial charge >= 0.3 is 0 Å². The molecule has 0 radical (unpaired) electrons. The van der Waals surface area contributed by atoms with E-state index in [1.807, 2.05) is 67.4 Å². The number of benzene rings is 2. The molecule has 4 heterocycles. The van der Waals surface area contributed by atoms with E-state index in [4.69, 9.17) is 4.74 Å². The molecule has 3 aliphatic rings. The van der Waals surface area contributed by atoms with Crippen LogP contribution in [0.4, 0.5) is 5.69 Å². The fourth-order valence-corrected chi connectivity index (χ4v) is 5.75. The van der Waals surface area contributed by atoms with Crippen LogP contribution >= 0.6 is 0 Å². The number of nitrogens with one attached hydrogen (secondary N) is 2. The Kier molecular flexibility index (Phi) is 4.49. The number of amides is 2. The van der Waals surface area contributed by atoms with Crippen molar-refractivity contribution < 1.29 is 14.3 Å². The predicted molar refractivity (Wildman–Crippen MR) is 127 cm³/mol. The maximum absolute atomic E-state index is 13.5. The summed E-state index contributed by atoms with van der Waals surface area (Å²) in [5.41, 5.74) is 4.48. The molecule has 2 aromatic carbocycles. The van der Waals surface area contributed by atoms with Crippen LogP contribution in [0.1, 0.15) is 16.7 Å². The average molecular weight is 442 g/mol. The number of carbonyl (C=O) groups excluding carboxylic acids is 2. The van der Waals surface area contributed by atoms with Gasteiger partial charge in [-0.1, -0.05) is 42.5 Å². The average Bonchev–Trinajstić information content (AvgIpc) is 3.54. The van der Waals surface area contributed by atoms with Gasteiger partial charge in [0.2, 0.25) is 11.8 Å². The van der Waals surface area contributed by atoms with Crippen LogP contribution in [0.3, 0.4) is 0 Å². The Bertz CT molecular complexity index is 1310. The molecule has 0 saturated carbocycles. The van der Waals surface area contributed by atoms with Crippen molar-refractivity contribution in [3.63, 3.8) is 0 Å². The standard InChI is InChI=1S/C27H27N3O3/c1-16-7-8-17(2)21(13-16)29-25(31)23-22-9-11-27(33-22)15-30(26(32)24(23)27)12-10-18-14-28-20-6-4-3-5-19(18)20/h3-9,11,13-14,22-24,28H,10,12,15H2,1-2H3,(H,29,31)/t22?,23?,24?,27-/m1/s1. The molecule has 2 amide bonds. The Labute approximate surface area is 192 Å². The highest BCUT2D eigenvalue weighted by Crippen LogP contribution is 2.52. The summed E-state index contributed by atoms with van der Waals surface area (Å²) in [4.78, 5) is 32.0. The topological polar surface area (TPSA) is 74.4 Å². The summed E-state index contributed by atoms with van der Waals surface area (Å²) in [7, 11) is 0. The molecule has 6 heteroatoms. The summed E-state index contributed by atoms with van der Waals surface area (Å²) < 4.78 is 6.28. The number of fused-ring (bicyclic) bond motifs is 2. The molecule has 2 fully saturated rings. The minimum Gasteiger partial charge on any atom is -0.361 e. The van der Waals surface area contributed by atoms with Gasteiger partial charge < -0.3 is 19.9 Å². The number of aromatic nitrogens is 1. The lowest BCUT2D eigenvalue weighted by molar-refractivity contribution is -0.135. The van der Waals surface area contributed by atoms with Gasteiger partial charge in [0, 0.05) is 29.3 Å². The minimum absolute atomic E-state index is 0.0165. The van der Waals surface area contributed by atoms with E-state index in [-0.39, 0.29) is 17.9 Å². The fourth-order valence-electron chi connectivity index (χ4n) is 5.75. The molecule has 2 N–H and O–H groups in total. The van der Waals surface area contributed by atoms with Gasteiger partial charge in [-0.25, -0.2) is 0 Å². The van der Waals surface area contributed by atoms with Crippen molar-refractivity contribution in [1.29, 1.82) is 0 Å². The maximum atomic E-state index is 13.5. The van der Waals surface area contributed by atoms with Crippen molar-refractivity contribution in [2.24, 2.45) is 11.8 Å². The molecular formula is C27H27N3O3. The lowest BCUT2D eigenvalue weighted by atomic mass is 9.76. The number of hydrogen-bond donors (Lipinski definition) is 2. The van der Waals surface area contributed by atoms with Crippen molar-refractivity contribution in [2.75, 3.05) is 18.4 Å². The Hall–Kier alpha value is -3.38. The van der Waals surface area contributed by atoms with E-state index >= 15 is 0 Å². The summed E-state index contributed by atoms with van der Waals surface area (Å²) in [6, 6.07) is 14.2. The van der Waals surface area contributed by atoms with Crippen LogP contribution in [0, 0.1) is 25.7 Å². The highest BCUT2D eigenvalue weighted by Gasteiger charge is 2.66. The van der Waals surface area contributed by atoms with Crippen molar-refractivity contribution in [3.05, 3.63) is 77.5 Å². The number of para-hydroxylation sites is 1. The molecule has 33 heavy (non-hydrogen) atoms. The molecule has 3 aromatic rings. The number of carbonyl (C=O) groups is 2. The van der Waals surface area contributed by atoms with Crippen LogP contribution in [-0.2, 0) is 20.7 Å². The molecule has 2 saturated heterocycles. The zero-order chi connectivity index (χ0) is 22.7. The summed E-state index contributed by atoms with van der Waals surface area (Å²) in [5, 5.41) is 4.25. The number of anilines is 1. The van der Waals surface area contributed by atoms with Gasteiger partial charge in [-0.15, -0.1) is 0 Å². The summed E-state index contributed by atoms with van der Waals surface area (Å²) in [6.07, 6.45) is 6.39. The van der Waals surface area contributed by atoms with Crippen molar-refractivity contribution in [3.8, 4) is 0 Å².